The summed E-state index contributed by atoms with van der Waals surface area (Å²) in [6.07, 6.45) is 3.05. The summed E-state index contributed by atoms with van der Waals surface area (Å²) >= 11 is 7.41. The number of ether oxygens (including phenoxy) is 1. The highest BCUT2D eigenvalue weighted by Crippen LogP contribution is 2.56. The summed E-state index contributed by atoms with van der Waals surface area (Å²) in [5, 5.41) is 9.32. The molecule has 0 fully saturated rings. The van der Waals surface area contributed by atoms with E-state index in [1.54, 1.807) is 24.3 Å². The van der Waals surface area contributed by atoms with E-state index in [4.69, 9.17) is 4.74 Å². The molecule has 244 valence electrons. The first-order valence-corrected chi connectivity index (χ1v) is 17.6. The molecule has 8 heteroatoms. The maximum Gasteiger partial charge on any atom is 0.335 e. The Morgan fingerprint density at radius 1 is 0.830 bits per heavy atom. The Balaban J connectivity index is 1.51. The molecule has 0 atom stereocenters. The van der Waals surface area contributed by atoms with Gasteiger partial charge in [-0.05, 0) is 81.4 Å². The normalized spacial score (nSPS) is 19.1. The van der Waals surface area contributed by atoms with Gasteiger partial charge in [0, 0.05) is 57.9 Å². The second kappa shape index (κ2) is 12.8. The fourth-order valence-corrected chi connectivity index (χ4v) is 8.73. The van der Waals surface area contributed by atoms with E-state index in [1.165, 1.54) is 5.56 Å². The van der Waals surface area contributed by atoms with E-state index in [9.17, 15) is 19.5 Å². The number of carboxylic acids is 1. The van der Waals surface area contributed by atoms with E-state index in [0.717, 1.165) is 46.3 Å². The van der Waals surface area contributed by atoms with E-state index in [1.807, 2.05) is 30.3 Å². The van der Waals surface area contributed by atoms with E-state index < -0.39 is 11.9 Å². The van der Waals surface area contributed by atoms with Gasteiger partial charge in [-0.2, -0.15) is 0 Å². The summed E-state index contributed by atoms with van der Waals surface area (Å²) in [5.74, 6) is -0.854. The Hall–Kier alpha value is -3.49. The molecule has 0 aromatic heterocycles. The van der Waals surface area contributed by atoms with Crippen LogP contribution in [-0.4, -0.2) is 34.1 Å². The molecule has 0 spiro atoms. The van der Waals surface area contributed by atoms with Gasteiger partial charge < -0.3 is 14.7 Å². The molecule has 0 radical (unpaired) electrons. The van der Waals surface area contributed by atoms with Gasteiger partial charge in [-0.25, -0.2) is 4.79 Å². The van der Waals surface area contributed by atoms with E-state index in [-0.39, 0.29) is 34.6 Å². The maximum absolute atomic E-state index is 14.4. The van der Waals surface area contributed by atoms with Crippen LogP contribution in [0.4, 0.5) is 0 Å². The van der Waals surface area contributed by atoms with Gasteiger partial charge in [-0.15, -0.1) is 0 Å². The lowest BCUT2D eigenvalue weighted by Crippen LogP contribution is -2.45. The Morgan fingerprint density at radius 2 is 1.40 bits per heavy atom. The lowest BCUT2D eigenvalue weighted by molar-refractivity contribution is -0.119. The van der Waals surface area contributed by atoms with Gasteiger partial charge in [0.05, 0.1) is 10.0 Å². The van der Waals surface area contributed by atoms with Crippen molar-refractivity contribution in [1.29, 1.82) is 0 Å². The van der Waals surface area contributed by atoms with Gasteiger partial charge in [0.15, 0.2) is 11.6 Å². The van der Waals surface area contributed by atoms with Crippen LogP contribution in [0.3, 0.4) is 0 Å². The van der Waals surface area contributed by atoms with Crippen molar-refractivity contribution in [3.05, 3.63) is 120 Å². The summed E-state index contributed by atoms with van der Waals surface area (Å²) in [6, 6.07) is 20.8. The monoisotopic (exact) mass is 759 g/mol. The minimum Gasteiger partial charge on any atom is -0.487 e. The molecule has 47 heavy (non-hydrogen) atoms. The van der Waals surface area contributed by atoms with Crippen molar-refractivity contribution in [1.82, 2.24) is 4.90 Å². The summed E-state index contributed by atoms with van der Waals surface area (Å²) in [7, 11) is 0. The average Bonchev–Trinajstić information content (AvgIpc) is 2.98. The minimum absolute atomic E-state index is 0.0708. The second-order valence-electron chi connectivity index (χ2n) is 14.5. The van der Waals surface area contributed by atoms with Crippen molar-refractivity contribution in [2.45, 2.75) is 72.3 Å². The zero-order valence-electron chi connectivity index (χ0n) is 27.2. The van der Waals surface area contributed by atoms with Crippen molar-refractivity contribution in [3.63, 3.8) is 0 Å². The molecule has 0 unspecified atom stereocenters. The van der Waals surface area contributed by atoms with Gasteiger partial charge in [-0.1, -0.05) is 86.1 Å². The molecule has 1 N–H and O–H groups in total. The number of carbonyl (C=O) groups is 3. The lowest BCUT2D eigenvalue weighted by Gasteiger charge is -2.49. The number of ketones is 2. The summed E-state index contributed by atoms with van der Waals surface area (Å²) in [4.78, 5) is 42.4. The highest BCUT2D eigenvalue weighted by atomic mass is 79.9. The van der Waals surface area contributed by atoms with Crippen LogP contribution < -0.4 is 4.74 Å². The van der Waals surface area contributed by atoms with E-state index in [0.29, 0.717) is 40.8 Å². The third kappa shape index (κ3) is 6.91. The lowest BCUT2D eigenvalue weighted by atomic mass is 9.63. The van der Waals surface area contributed by atoms with Crippen LogP contribution in [0, 0.1) is 10.8 Å². The number of hydrogen-bond donors (Lipinski definition) is 1. The van der Waals surface area contributed by atoms with Crippen LogP contribution in [0.1, 0.15) is 86.3 Å². The van der Waals surface area contributed by atoms with Crippen molar-refractivity contribution in [2.75, 3.05) is 6.54 Å². The predicted octanol–water partition coefficient (Wildman–Crippen LogP) is 9.42. The number of carbonyl (C=O) groups excluding carboxylic acids is 2. The fourth-order valence-electron chi connectivity index (χ4n) is 7.36. The molecule has 0 amide bonds. The summed E-state index contributed by atoms with van der Waals surface area (Å²) in [6.45, 7) is 9.47. The summed E-state index contributed by atoms with van der Waals surface area (Å²) in [5.41, 5.74) is 5.96. The number of aromatic carboxylic acids is 1. The van der Waals surface area contributed by atoms with Gasteiger partial charge in [0.1, 0.15) is 12.4 Å². The predicted molar refractivity (Wildman–Crippen MR) is 189 cm³/mol. The smallest absolute Gasteiger partial charge is 0.335 e. The molecular weight excluding hydrogens is 722 g/mol. The zero-order valence-corrected chi connectivity index (χ0v) is 30.3. The molecule has 3 aromatic rings. The molecule has 1 heterocycles. The molecule has 0 saturated carbocycles. The molecule has 6 rings (SSSR count). The first kappa shape index (κ1) is 33.4. The quantitative estimate of drug-likeness (QED) is 0.246. The number of halogens is 2. The van der Waals surface area contributed by atoms with E-state index in [2.05, 4.69) is 76.6 Å². The average molecular weight is 762 g/mol. The van der Waals surface area contributed by atoms with Crippen molar-refractivity contribution < 1.29 is 24.2 Å². The minimum atomic E-state index is -0.987. The van der Waals surface area contributed by atoms with Crippen LogP contribution in [0.25, 0.3) is 0 Å². The van der Waals surface area contributed by atoms with Gasteiger partial charge in [-0.3, -0.25) is 9.59 Å². The van der Waals surface area contributed by atoms with Crippen molar-refractivity contribution in [3.8, 4) is 5.75 Å². The number of nitrogens with zero attached hydrogens (tertiary/aromatic N) is 1. The molecule has 0 bridgehead atoms. The number of Topliss-reactive ketones (excluding diaryl/α,β-unsaturated/α-hetero) is 2. The molecule has 2 aliphatic carbocycles. The van der Waals surface area contributed by atoms with Crippen LogP contribution in [0.2, 0.25) is 0 Å². The van der Waals surface area contributed by atoms with Gasteiger partial charge in [0.2, 0.25) is 0 Å². The highest BCUT2D eigenvalue weighted by Gasteiger charge is 2.49. The van der Waals surface area contributed by atoms with Crippen LogP contribution in [0.5, 0.6) is 5.75 Å². The Morgan fingerprint density at radius 3 is 1.96 bits per heavy atom. The number of benzene rings is 3. The molecule has 6 nitrogen and oxygen atoms in total. The van der Waals surface area contributed by atoms with Gasteiger partial charge in [0.25, 0.3) is 0 Å². The Bertz CT molecular complexity index is 1770. The Kier molecular flexibility index (Phi) is 9.13. The highest BCUT2D eigenvalue weighted by molar-refractivity contribution is 9.11. The number of carboxylic acid groups (broad SMARTS) is 1. The molecular formula is C39H39Br2NO5. The maximum atomic E-state index is 14.4. The van der Waals surface area contributed by atoms with Gasteiger partial charge >= 0.3 is 5.97 Å². The first-order valence-electron chi connectivity index (χ1n) is 16.0. The number of rotatable bonds is 8. The molecule has 1 aliphatic heterocycles. The third-order valence-electron chi connectivity index (χ3n) is 9.42. The zero-order chi connectivity index (χ0) is 33.7. The first-order chi connectivity index (χ1) is 22.2. The van der Waals surface area contributed by atoms with Crippen LogP contribution >= 0.6 is 31.9 Å². The SMILES string of the molecule is CC1(C)CC(=O)C2=C(C1)N(CCc1ccccc1)C1=C(C(=O)CC(C)(C)C1)C2c1cc(Br)cc(Br)c1OCc1ccc(C(=O)O)cc1. The van der Waals surface area contributed by atoms with Crippen LogP contribution in [-0.2, 0) is 22.6 Å². The largest absolute Gasteiger partial charge is 0.487 e. The molecule has 0 saturated heterocycles. The van der Waals surface area contributed by atoms with E-state index >= 15 is 0 Å². The Labute approximate surface area is 293 Å². The van der Waals surface area contributed by atoms with Crippen LogP contribution in [0.15, 0.2) is 98.2 Å². The molecule has 3 aromatic carbocycles. The standard InChI is InChI=1S/C39H39Br2NO5/c1-38(2)18-29-34(31(43)20-38)33(27-16-26(40)17-28(41)36(27)47-22-24-10-12-25(13-11-24)37(45)46)35-30(19-39(3,4)21-32(35)44)42(29)15-14-23-8-6-5-7-9-23/h5-13,16-17,33H,14-15,18-22H2,1-4H3,(H,45,46). The summed E-state index contributed by atoms with van der Waals surface area (Å²) < 4.78 is 8.02. The number of hydrogen-bond acceptors (Lipinski definition) is 5. The van der Waals surface area contributed by atoms with Crippen molar-refractivity contribution >= 4 is 49.4 Å². The fraction of sp³-hybridized carbons (Fsp3) is 0.359. The number of allylic oxidation sites excluding steroid dienone is 4. The van der Waals surface area contributed by atoms with Crippen molar-refractivity contribution in [2.24, 2.45) is 10.8 Å². The molecule has 3 aliphatic rings. The second-order valence-corrected chi connectivity index (χ2v) is 16.3. The topological polar surface area (TPSA) is 83.9 Å². The third-order valence-corrected chi connectivity index (χ3v) is 10.5.